The number of ether oxygens (including phenoxy) is 1. The number of hydrogen-bond donors (Lipinski definition) is 2. The van der Waals surface area contributed by atoms with E-state index in [4.69, 9.17) is 33.2 Å². The Kier molecular flexibility index (Phi) is 7.87. The van der Waals surface area contributed by atoms with Crippen LogP contribution in [0.25, 0.3) is 6.08 Å². The predicted octanol–water partition coefficient (Wildman–Crippen LogP) is 5.56. The average Bonchev–Trinajstić information content (AvgIpc) is 2.79. The minimum Gasteiger partial charge on any atom is -0.478 e. The summed E-state index contributed by atoms with van der Waals surface area (Å²) < 4.78 is 5.41. The molecule has 32 heavy (non-hydrogen) atoms. The maximum absolute atomic E-state index is 13.1. The van der Waals surface area contributed by atoms with Crippen molar-refractivity contribution >= 4 is 52.5 Å². The zero-order chi connectivity index (χ0) is 22.9. The lowest BCUT2D eigenvalue weighted by Crippen LogP contribution is -2.25. The third-order valence-corrected chi connectivity index (χ3v) is 4.90. The normalized spacial score (nSPS) is 9.91. The minimum absolute atomic E-state index is 0.183. The van der Waals surface area contributed by atoms with Crippen LogP contribution in [0.2, 0.25) is 10.0 Å². The number of nitriles is 1. The topological polar surface area (TPSA) is 91.2 Å². The van der Waals surface area contributed by atoms with Gasteiger partial charge < -0.3 is 15.4 Å². The van der Waals surface area contributed by atoms with Gasteiger partial charge in [0, 0.05) is 5.56 Å². The van der Waals surface area contributed by atoms with E-state index in [1.165, 1.54) is 6.08 Å². The minimum atomic E-state index is -0.683. The number of hydrogen-bond acceptors (Lipinski definition) is 4. The lowest BCUT2D eigenvalue weighted by atomic mass is 10.1. The largest absolute Gasteiger partial charge is 0.478 e. The summed E-state index contributed by atoms with van der Waals surface area (Å²) >= 11 is 12.3. The van der Waals surface area contributed by atoms with Crippen LogP contribution in [0.15, 0.2) is 78.4 Å². The van der Waals surface area contributed by atoms with Crippen LogP contribution in [0, 0.1) is 11.3 Å². The fraction of sp³-hybridized carbons (Fsp3) is 0.0417. The van der Waals surface area contributed by atoms with E-state index in [2.05, 4.69) is 10.6 Å². The van der Waals surface area contributed by atoms with Crippen LogP contribution in [-0.4, -0.2) is 18.4 Å². The number of para-hydroxylation sites is 3. The van der Waals surface area contributed by atoms with Crippen molar-refractivity contribution in [1.29, 1.82) is 5.26 Å². The highest BCUT2D eigenvalue weighted by Gasteiger charge is 2.21. The van der Waals surface area contributed by atoms with Gasteiger partial charge in [-0.15, -0.1) is 0 Å². The van der Waals surface area contributed by atoms with Crippen LogP contribution < -0.4 is 15.4 Å². The summed E-state index contributed by atoms with van der Waals surface area (Å²) in [5, 5.41) is 14.8. The Bertz CT molecular complexity index is 1160. The summed E-state index contributed by atoms with van der Waals surface area (Å²) in [6, 6.07) is 22.0. The molecule has 0 heterocycles. The van der Waals surface area contributed by atoms with Gasteiger partial charge in [-0.2, -0.15) is 5.26 Å². The molecule has 3 rings (SSSR count). The molecule has 0 radical (unpaired) electrons. The second-order valence-electron chi connectivity index (χ2n) is 6.41. The molecule has 0 aliphatic heterocycles. The second-order valence-corrected chi connectivity index (χ2v) is 7.22. The lowest BCUT2D eigenvalue weighted by molar-refractivity contribution is -0.118. The lowest BCUT2D eigenvalue weighted by Gasteiger charge is -2.13. The van der Waals surface area contributed by atoms with Crippen molar-refractivity contribution in [2.75, 3.05) is 17.2 Å². The van der Waals surface area contributed by atoms with E-state index < -0.39 is 11.8 Å². The molecule has 0 spiro atoms. The first-order valence-corrected chi connectivity index (χ1v) is 10.2. The predicted molar refractivity (Wildman–Crippen MR) is 126 cm³/mol. The third kappa shape index (κ3) is 5.88. The number of amides is 2. The Balaban J connectivity index is 1.99. The standard InChI is InChI=1S/C24H17Cl2N3O3/c25-18-8-2-4-10-20(18)28-23(30)17(24(31)29-21-11-5-3-9-19(21)26)15-16-7-1-6-12-22(16)32-14-13-27/h1-12,15H,14H2,(H,28,30)(H,29,31). The number of nitrogens with zero attached hydrogens (tertiary/aromatic N) is 1. The van der Waals surface area contributed by atoms with Crippen molar-refractivity contribution in [2.45, 2.75) is 0 Å². The van der Waals surface area contributed by atoms with E-state index in [0.717, 1.165) is 0 Å². The highest BCUT2D eigenvalue weighted by molar-refractivity contribution is 6.36. The van der Waals surface area contributed by atoms with Gasteiger partial charge in [-0.25, -0.2) is 0 Å². The van der Waals surface area contributed by atoms with Crippen LogP contribution in [-0.2, 0) is 9.59 Å². The quantitative estimate of drug-likeness (QED) is 0.271. The van der Waals surface area contributed by atoms with E-state index in [1.54, 1.807) is 72.8 Å². The number of benzene rings is 3. The first kappa shape index (κ1) is 22.9. The molecule has 3 aromatic rings. The van der Waals surface area contributed by atoms with E-state index in [-0.39, 0.29) is 12.2 Å². The van der Waals surface area contributed by atoms with E-state index in [1.807, 2.05) is 6.07 Å². The average molecular weight is 466 g/mol. The van der Waals surface area contributed by atoms with Crippen LogP contribution in [0.1, 0.15) is 5.56 Å². The smallest absolute Gasteiger partial charge is 0.261 e. The maximum Gasteiger partial charge on any atom is 0.261 e. The second kappa shape index (κ2) is 11.0. The van der Waals surface area contributed by atoms with Gasteiger partial charge in [0.05, 0.1) is 21.4 Å². The Morgan fingerprint density at radius 2 is 1.34 bits per heavy atom. The highest BCUT2D eigenvalue weighted by Crippen LogP contribution is 2.26. The third-order valence-electron chi connectivity index (χ3n) is 4.24. The SMILES string of the molecule is N#CCOc1ccccc1C=C(C(=O)Nc1ccccc1Cl)C(=O)Nc1ccccc1Cl. The van der Waals surface area contributed by atoms with Crippen LogP contribution in [0.4, 0.5) is 11.4 Å². The van der Waals surface area contributed by atoms with Crippen molar-refractivity contribution in [3.05, 3.63) is 94.0 Å². The zero-order valence-corrected chi connectivity index (χ0v) is 18.2. The molecule has 0 unspecified atom stereocenters. The van der Waals surface area contributed by atoms with Gasteiger partial charge in [0.2, 0.25) is 0 Å². The van der Waals surface area contributed by atoms with Gasteiger partial charge in [0.25, 0.3) is 11.8 Å². The summed E-state index contributed by atoms with van der Waals surface area (Å²) in [4.78, 5) is 26.2. The Morgan fingerprint density at radius 3 is 1.88 bits per heavy atom. The number of halogens is 2. The van der Waals surface area contributed by atoms with Gasteiger partial charge >= 0.3 is 0 Å². The highest BCUT2D eigenvalue weighted by atomic mass is 35.5. The van der Waals surface area contributed by atoms with Gasteiger partial charge in [0.15, 0.2) is 6.61 Å². The summed E-state index contributed by atoms with van der Waals surface area (Å²) in [5.41, 5.74) is 0.938. The molecule has 0 bridgehead atoms. The molecule has 0 fully saturated rings. The molecule has 8 heteroatoms. The molecular formula is C24H17Cl2N3O3. The first-order valence-electron chi connectivity index (χ1n) is 9.42. The van der Waals surface area contributed by atoms with E-state index >= 15 is 0 Å². The molecule has 0 aliphatic carbocycles. The summed E-state index contributed by atoms with van der Waals surface area (Å²) in [5.74, 6) is -1.02. The van der Waals surface area contributed by atoms with Gasteiger partial charge in [-0.05, 0) is 36.4 Å². The van der Waals surface area contributed by atoms with Gasteiger partial charge in [-0.1, -0.05) is 65.7 Å². The number of carbonyl (C=O) groups excluding carboxylic acids is 2. The van der Waals surface area contributed by atoms with Crippen molar-refractivity contribution in [3.63, 3.8) is 0 Å². The molecular weight excluding hydrogens is 449 g/mol. The zero-order valence-electron chi connectivity index (χ0n) is 16.6. The number of carbonyl (C=O) groups is 2. The number of nitrogens with one attached hydrogen (secondary N) is 2. The fourth-order valence-electron chi connectivity index (χ4n) is 2.74. The number of anilines is 2. The maximum atomic E-state index is 13.1. The molecule has 0 saturated heterocycles. The molecule has 0 saturated carbocycles. The molecule has 6 nitrogen and oxygen atoms in total. The first-order chi connectivity index (χ1) is 15.5. The molecule has 0 aliphatic rings. The molecule has 3 aromatic carbocycles. The van der Waals surface area contributed by atoms with E-state index in [0.29, 0.717) is 32.7 Å². The summed E-state index contributed by atoms with van der Waals surface area (Å²) in [6.07, 6.45) is 1.38. The molecule has 0 aromatic heterocycles. The van der Waals surface area contributed by atoms with Crippen molar-refractivity contribution in [3.8, 4) is 11.8 Å². The Hall–Kier alpha value is -3.79. The van der Waals surface area contributed by atoms with Crippen molar-refractivity contribution in [2.24, 2.45) is 0 Å². The molecule has 160 valence electrons. The molecule has 0 atom stereocenters. The van der Waals surface area contributed by atoms with Crippen molar-refractivity contribution < 1.29 is 14.3 Å². The van der Waals surface area contributed by atoms with E-state index in [9.17, 15) is 9.59 Å². The van der Waals surface area contributed by atoms with Crippen LogP contribution in [0.3, 0.4) is 0 Å². The summed E-state index contributed by atoms with van der Waals surface area (Å²) in [6.45, 7) is -0.183. The monoisotopic (exact) mass is 465 g/mol. The summed E-state index contributed by atoms with van der Waals surface area (Å²) in [7, 11) is 0. The molecule has 2 N–H and O–H groups in total. The van der Waals surface area contributed by atoms with Crippen molar-refractivity contribution in [1.82, 2.24) is 0 Å². The number of rotatable bonds is 7. The molecule has 2 amide bonds. The Morgan fingerprint density at radius 1 is 0.844 bits per heavy atom. The Labute approximate surface area is 195 Å². The fourth-order valence-corrected chi connectivity index (χ4v) is 3.10. The van der Waals surface area contributed by atoms with Crippen LogP contribution >= 0.6 is 23.2 Å². The van der Waals surface area contributed by atoms with Gasteiger partial charge in [0.1, 0.15) is 17.4 Å². The van der Waals surface area contributed by atoms with Gasteiger partial charge in [-0.3, -0.25) is 9.59 Å². The van der Waals surface area contributed by atoms with Crippen LogP contribution in [0.5, 0.6) is 5.75 Å².